The van der Waals surface area contributed by atoms with Crippen molar-refractivity contribution in [2.24, 2.45) is 0 Å². The van der Waals surface area contributed by atoms with Gasteiger partial charge in [0.25, 0.3) is 0 Å². The topological polar surface area (TPSA) is 26.3 Å². The summed E-state index contributed by atoms with van der Waals surface area (Å²) in [6, 6.07) is 7.71. The van der Waals surface area contributed by atoms with Crippen LogP contribution >= 0.6 is 0 Å². The molecular formula is C10H9F3O2. The summed E-state index contributed by atoms with van der Waals surface area (Å²) in [5.74, 6) is 0. The second-order valence-corrected chi connectivity index (χ2v) is 2.86. The van der Waals surface area contributed by atoms with Gasteiger partial charge in [-0.25, -0.2) is 4.39 Å². The molecule has 0 fully saturated rings. The minimum absolute atomic E-state index is 0.207. The van der Waals surface area contributed by atoms with E-state index >= 15 is 0 Å². The average molecular weight is 218 g/mol. The number of halogens is 3. The molecule has 0 N–H and O–H groups in total. The number of carbonyl (C=O) groups is 1. The van der Waals surface area contributed by atoms with Gasteiger partial charge in [0, 0.05) is 0 Å². The van der Waals surface area contributed by atoms with Crippen LogP contribution in [0.2, 0.25) is 0 Å². The van der Waals surface area contributed by atoms with E-state index in [0.717, 1.165) is 0 Å². The first kappa shape index (κ1) is 11.7. The molecule has 1 aromatic rings. The van der Waals surface area contributed by atoms with Crippen molar-refractivity contribution < 1.29 is 22.7 Å². The molecule has 0 heterocycles. The molecule has 1 rings (SSSR count). The van der Waals surface area contributed by atoms with E-state index in [1.807, 2.05) is 0 Å². The summed E-state index contributed by atoms with van der Waals surface area (Å²) in [5, 5.41) is 0. The monoisotopic (exact) mass is 218 g/mol. The molecule has 0 aliphatic rings. The minimum atomic E-state index is -3.93. The van der Waals surface area contributed by atoms with Gasteiger partial charge in [0.2, 0.25) is 0 Å². The quantitative estimate of drug-likeness (QED) is 0.710. The molecule has 82 valence electrons. The van der Waals surface area contributed by atoms with E-state index in [9.17, 15) is 18.0 Å². The van der Waals surface area contributed by atoms with Gasteiger partial charge in [0.15, 0.2) is 13.0 Å². The highest BCUT2D eigenvalue weighted by Gasteiger charge is 2.34. The predicted octanol–water partition coefficient (Wildman–Crippen LogP) is 2.51. The van der Waals surface area contributed by atoms with Gasteiger partial charge in [-0.15, -0.1) is 0 Å². The molecule has 1 atom stereocenters. The third kappa shape index (κ3) is 3.36. The van der Waals surface area contributed by atoms with Gasteiger partial charge in [0.1, 0.15) is 6.10 Å². The molecule has 0 aliphatic carbocycles. The number of alkyl halides is 3. The van der Waals surface area contributed by atoms with Crippen molar-refractivity contribution in [1.29, 1.82) is 0 Å². The maximum Gasteiger partial charge on any atom is 0.385 e. The van der Waals surface area contributed by atoms with Crippen LogP contribution < -0.4 is 0 Å². The zero-order valence-corrected chi connectivity index (χ0v) is 7.70. The van der Waals surface area contributed by atoms with E-state index in [2.05, 4.69) is 4.74 Å². The molecule has 5 heteroatoms. The lowest BCUT2D eigenvalue weighted by atomic mass is 10.1. The number of rotatable bonds is 5. The molecule has 0 aliphatic heterocycles. The van der Waals surface area contributed by atoms with Gasteiger partial charge >= 0.3 is 6.11 Å². The van der Waals surface area contributed by atoms with Crippen molar-refractivity contribution in [3.63, 3.8) is 0 Å². The van der Waals surface area contributed by atoms with Crippen LogP contribution in [-0.2, 0) is 9.53 Å². The summed E-state index contributed by atoms with van der Waals surface area (Å²) in [7, 11) is 0. The number of carbonyl (C=O) groups excluding carboxylic acids is 1. The maximum atomic E-state index is 12.5. The second-order valence-electron chi connectivity index (χ2n) is 2.86. The van der Waals surface area contributed by atoms with E-state index < -0.39 is 18.9 Å². The summed E-state index contributed by atoms with van der Waals surface area (Å²) >= 11 is 0. The van der Waals surface area contributed by atoms with Gasteiger partial charge in [0.05, 0.1) is 0 Å². The van der Waals surface area contributed by atoms with Crippen molar-refractivity contribution in [1.82, 2.24) is 0 Å². The van der Waals surface area contributed by atoms with E-state index in [0.29, 0.717) is 0 Å². The Morgan fingerprint density at radius 1 is 1.33 bits per heavy atom. The standard InChI is InChI=1S/C10H9F3O2/c11-7-10(12,13)15-9(6-14)8-4-2-1-3-5-8/h1-6,9H,7H2. The van der Waals surface area contributed by atoms with Crippen LogP contribution in [-0.4, -0.2) is 19.1 Å². The van der Waals surface area contributed by atoms with E-state index in [1.54, 1.807) is 18.2 Å². The van der Waals surface area contributed by atoms with E-state index in [4.69, 9.17) is 0 Å². The number of ether oxygens (including phenoxy) is 1. The fraction of sp³-hybridized carbons (Fsp3) is 0.300. The van der Waals surface area contributed by atoms with Crippen LogP contribution in [0, 0.1) is 0 Å². The molecule has 1 unspecified atom stereocenters. The van der Waals surface area contributed by atoms with Crippen LogP contribution in [0.25, 0.3) is 0 Å². The third-order valence-corrected chi connectivity index (χ3v) is 1.71. The van der Waals surface area contributed by atoms with Crippen LogP contribution in [0.5, 0.6) is 0 Å². The SMILES string of the molecule is O=CC(OC(F)(F)CF)c1ccccc1. The number of benzene rings is 1. The molecule has 0 saturated carbocycles. The van der Waals surface area contributed by atoms with Gasteiger partial charge in [-0.3, -0.25) is 0 Å². The lowest BCUT2D eigenvalue weighted by Gasteiger charge is -2.18. The van der Waals surface area contributed by atoms with Crippen molar-refractivity contribution >= 4 is 6.29 Å². The molecule has 15 heavy (non-hydrogen) atoms. The smallest absolute Gasteiger partial charge is 0.303 e. The molecule has 1 aromatic carbocycles. The second kappa shape index (κ2) is 4.93. The Hall–Kier alpha value is -1.36. The number of hydrogen-bond donors (Lipinski definition) is 0. The number of aldehydes is 1. The summed E-state index contributed by atoms with van der Waals surface area (Å²) in [6.45, 7) is -1.95. The summed E-state index contributed by atoms with van der Waals surface area (Å²) in [5.41, 5.74) is 0.264. The Morgan fingerprint density at radius 3 is 2.40 bits per heavy atom. The summed E-state index contributed by atoms with van der Waals surface area (Å²) in [4.78, 5) is 10.5. The Morgan fingerprint density at radius 2 is 1.93 bits per heavy atom. The average Bonchev–Trinajstić information content (AvgIpc) is 2.27. The van der Waals surface area contributed by atoms with Gasteiger partial charge in [-0.05, 0) is 5.56 Å². The van der Waals surface area contributed by atoms with E-state index in [1.165, 1.54) is 12.1 Å². The Labute approximate surface area is 84.7 Å². The van der Waals surface area contributed by atoms with Crippen molar-refractivity contribution in [3.05, 3.63) is 35.9 Å². The highest BCUT2D eigenvalue weighted by atomic mass is 19.3. The third-order valence-electron chi connectivity index (χ3n) is 1.71. The Bertz CT molecular complexity index is 314. The van der Waals surface area contributed by atoms with Crippen molar-refractivity contribution in [2.75, 3.05) is 6.67 Å². The predicted molar refractivity (Wildman–Crippen MR) is 47.3 cm³/mol. The van der Waals surface area contributed by atoms with Gasteiger partial charge in [-0.1, -0.05) is 30.3 Å². The van der Waals surface area contributed by atoms with Crippen LogP contribution in [0.4, 0.5) is 13.2 Å². The highest BCUT2D eigenvalue weighted by Crippen LogP contribution is 2.25. The molecule has 0 radical (unpaired) electrons. The fourth-order valence-corrected chi connectivity index (χ4v) is 1.03. The van der Waals surface area contributed by atoms with Crippen LogP contribution in [0.15, 0.2) is 30.3 Å². The molecule has 0 saturated heterocycles. The minimum Gasteiger partial charge on any atom is -0.303 e. The molecule has 0 bridgehead atoms. The lowest BCUT2D eigenvalue weighted by molar-refractivity contribution is -0.264. The first-order valence-corrected chi connectivity index (χ1v) is 4.21. The van der Waals surface area contributed by atoms with Crippen LogP contribution in [0.3, 0.4) is 0 Å². The molecule has 0 spiro atoms. The Kier molecular flexibility index (Phi) is 3.85. The zero-order valence-electron chi connectivity index (χ0n) is 7.70. The fourth-order valence-electron chi connectivity index (χ4n) is 1.03. The normalized spacial score (nSPS) is 13.5. The van der Waals surface area contributed by atoms with Crippen molar-refractivity contribution in [3.8, 4) is 0 Å². The molecule has 2 nitrogen and oxygen atoms in total. The maximum absolute atomic E-state index is 12.5. The molecular weight excluding hydrogens is 209 g/mol. The van der Waals surface area contributed by atoms with Crippen LogP contribution in [0.1, 0.15) is 11.7 Å². The summed E-state index contributed by atoms with van der Waals surface area (Å²) < 4.78 is 40.9. The highest BCUT2D eigenvalue weighted by molar-refractivity contribution is 5.59. The van der Waals surface area contributed by atoms with Crippen molar-refractivity contribution in [2.45, 2.75) is 12.2 Å². The molecule has 0 amide bonds. The molecule has 0 aromatic heterocycles. The summed E-state index contributed by atoms with van der Waals surface area (Å²) in [6.07, 6.45) is -5.17. The van der Waals surface area contributed by atoms with Gasteiger partial charge < -0.3 is 9.53 Å². The first-order chi connectivity index (χ1) is 7.09. The van der Waals surface area contributed by atoms with E-state index in [-0.39, 0.29) is 11.8 Å². The number of hydrogen-bond acceptors (Lipinski definition) is 2. The largest absolute Gasteiger partial charge is 0.385 e. The Balaban J connectivity index is 2.78. The lowest BCUT2D eigenvalue weighted by Crippen LogP contribution is -2.26. The van der Waals surface area contributed by atoms with Gasteiger partial charge in [-0.2, -0.15) is 8.78 Å². The zero-order chi connectivity index (χ0) is 11.3. The first-order valence-electron chi connectivity index (χ1n) is 4.21.